The van der Waals surface area contributed by atoms with Crippen LogP contribution in [0.25, 0.3) is 10.9 Å². The highest BCUT2D eigenvalue weighted by Gasteiger charge is 2.45. The molecule has 3 rings (SSSR count). The maximum absolute atomic E-state index is 12.2. The Morgan fingerprint density at radius 1 is 1.21 bits per heavy atom. The number of hydrogen-bond donors (Lipinski definition) is 5. The van der Waals surface area contributed by atoms with E-state index in [4.69, 9.17) is 9.47 Å². The van der Waals surface area contributed by atoms with Gasteiger partial charge in [-0.05, 0) is 11.6 Å². The number of aliphatic hydroxyl groups is 4. The number of esters is 1. The first kappa shape index (κ1) is 16.9. The Bertz CT molecular complexity index is 713. The summed E-state index contributed by atoms with van der Waals surface area (Å²) in [5.41, 5.74) is 1.61. The van der Waals surface area contributed by atoms with Crippen LogP contribution in [0.5, 0.6) is 0 Å². The minimum absolute atomic E-state index is 0.0516. The van der Waals surface area contributed by atoms with Gasteiger partial charge in [-0.3, -0.25) is 4.79 Å². The van der Waals surface area contributed by atoms with Crippen LogP contribution < -0.4 is 0 Å². The summed E-state index contributed by atoms with van der Waals surface area (Å²) in [5, 5.41) is 39.2. The third kappa shape index (κ3) is 3.14. The summed E-state index contributed by atoms with van der Waals surface area (Å²) in [5.74, 6) is -0.644. The molecule has 0 aliphatic carbocycles. The molecule has 1 aliphatic rings. The highest BCUT2D eigenvalue weighted by molar-refractivity contribution is 5.87. The SMILES string of the molecule is O=C(Cc1c[nH]c2ccccc12)O[C@H]1[C@@H](O)[C@@H](O)[C@H](O)O[C@@H]1CO. The number of aromatic amines is 1. The van der Waals surface area contributed by atoms with Gasteiger partial charge >= 0.3 is 5.97 Å². The molecule has 130 valence electrons. The van der Waals surface area contributed by atoms with Crippen molar-refractivity contribution in [2.45, 2.75) is 37.1 Å². The molecule has 8 heteroatoms. The molecule has 1 saturated heterocycles. The zero-order chi connectivity index (χ0) is 17.3. The molecule has 24 heavy (non-hydrogen) atoms. The number of para-hydroxylation sites is 1. The zero-order valence-electron chi connectivity index (χ0n) is 12.7. The predicted molar refractivity (Wildman–Crippen MR) is 81.9 cm³/mol. The summed E-state index contributed by atoms with van der Waals surface area (Å²) in [7, 11) is 0. The zero-order valence-corrected chi connectivity index (χ0v) is 12.7. The minimum Gasteiger partial charge on any atom is -0.456 e. The highest BCUT2D eigenvalue weighted by Crippen LogP contribution is 2.24. The van der Waals surface area contributed by atoms with Crippen LogP contribution >= 0.6 is 0 Å². The number of ether oxygens (including phenoxy) is 2. The van der Waals surface area contributed by atoms with Crippen molar-refractivity contribution in [1.82, 2.24) is 4.98 Å². The van der Waals surface area contributed by atoms with Crippen LogP contribution in [0.4, 0.5) is 0 Å². The maximum atomic E-state index is 12.2. The first-order valence-corrected chi connectivity index (χ1v) is 7.56. The van der Waals surface area contributed by atoms with E-state index in [1.54, 1.807) is 6.20 Å². The average molecular weight is 337 g/mol. The Hall–Kier alpha value is -1.97. The standard InChI is InChI=1S/C16H19NO7/c18-7-11-15(13(20)14(21)16(22)23-11)24-12(19)5-8-6-17-10-4-2-1-3-9(8)10/h1-4,6,11,13-18,20-22H,5,7H2/t11-,13+,14-,15-,16-/m1/s1. The van der Waals surface area contributed by atoms with Crippen molar-refractivity contribution in [2.24, 2.45) is 0 Å². The number of hydrogen-bond acceptors (Lipinski definition) is 7. The Labute approximate surface area is 137 Å². The van der Waals surface area contributed by atoms with Crippen molar-refractivity contribution in [3.8, 4) is 0 Å². The Morgan fingerprint density at radius 2 is 1.96 bits per heavy atom. The van der Waals surface area contributed by atoms with Gasteiger partial charge in [0.25, 0.3) is 0 Å². The number of benzene rings is 1. The third-order valence-corrected chi connectivity index (χ3v) is 4.12. The van der Waals surface area contributed by atoms with E-state index in [1.807, 2.05) is 24.3 Å². The molecule has 0 unspecified atom stereocenters. The molecule has 2 aromatic rings. The van der Waals surface area contributed by atoms with Gasteiger partial charge < -0.3 is 34.9 Å². The normalized spacial score (nSPS) is 30.4. The summed E-state index contributed by atoms with van der Waals surface area (Å²) in [6, 6.07) is 7.46. The molecule has 0 radical (unpaired) electrons. The fraction of sp³-hybridized carbons (Fsp3) is 0.438. The van der Waals surface area contributed by atoms with Gasteiger partial charge in [0.1, 0.15) is 18.3 Å². The largest absolute Gasteiger partial charge is 0.456 e. The summed E-state index contributed by atoms with van der Waals surface area (Å²) >= 11 is 0. The van der Waals surface area contributed by atoms with Crippen molar-refractivity contribution in [3.63, 3.8) is 0 Å². The number of fused-ring (bicyclic) bond motifs is 1. The van der Waals surface area contributed by atoms with Gasteiger partial charge in [0.15, 0.2) is 12.4 Å². The first-order chi connectivity index (χ1) is 11.5. The van der Waals surface area contributed by atoms with Gasteiger partial charge in [-0.25, -0.2) is 0 Å². The van der Waals surface area contributed by atoms with Crippen LogP contribution in [0.15, 0.2) is 30.5 Å². The molecule has 5 atom stereocenters. The lowest BCUT2D eigenvalue weighted by Gasteiger charge is -2.39. The molecule has 2 heterocycles. The van der Waals surface area contributed by atoms with Crippen LogP contribution in [0.2, 0.25) is 0 Å². The Balaban J connectivity index is 1.71. The van der Waals surface area contributed by atoms with E-state index in [-0.39, 0.29) is 6.42 Å². The van der Waals surface area contributed by atoms with Gasteiger partial charge in [-0.15, -0.1) is 0 Å². The first-order valence-electron chi connectivity index (χ1n) is 7.56. The molecule has 5 N–H and O–H groups in total. The number of aliphatic hydroxyl groups excluding tert-OH is 4. The van der Waals surface area contributed by atoms with Gasteiger partial charge in [0.2, 0.25) is 0 Å². The van der Waals surface area contributed by atoms with Gasteiger partial charge in [0.05, 0.1) is 13.0 Å². The Kier molecular flexibility index (Phi) is 4.83. The predicted octanol–water partition coefficient (Wildman–Crippen LogP) is -0.947. The lowest BCUT2D eigenvalue weighted by Crippen LogP contribution is -2.59. The van der Waals surface area contributed by atoms with E-state index in [2.05, 4.69) is 4.98 Å². The molecule has 0 spiro atoms. The van der Waals surface area contributed by atoms with E-state index in [9.17, 15) is 25.2 Å². The van der Waals surface area contributed by atoms with Crippen LogP contribution in [-0.2, 0) is 20.7 Å². The molecular formula is C16H19NO7. The lowest BCUT2D eigenvalue weighted by atomic mass is 9.99. The number of aromatic nitrogens is 1. The van der Waals surface area contributed by atoms with Crippen molar-refractivity contribution in [1.29, 1.82) is 0 Å². The lowest BCUT2D eigenvalue weighted by molar-refractivity contribution is -0.289. The molecular weight excluding hydrogens is 318 g/mol. The fourth-order valence-corrected chi connectivity index (χ4v) is 2.84. The van der Waals surface area contributed by atoms with Crippen molar-refractivity contribution >= 4 is 16.9 Å². The molecule has 0 bridgehead atoms. The topological polar surface area (TPSA) is 132 Å². The van der Waals surface area contributed by atoms with Gasteiger partial charge in [0, 0.05) is 17.1 Å². The smallest absolute Gasteiger partial charge is 0.310 e. The number of H-pyrrole nitrogens is 1. The minimum atomic E-state index is -1.65. The van der Waals surface area contributed by atoms with E-state index in [0.29, 0.717) is 0 Å². The summed E-state index contributed by atoms with van der Waals surface area (Å²) in [6.45, 7) is -0.578. The van der Waals surface area contributed by atoms with Crippen LogP contribution in [0, 0.1) is 0 Å². The van der Waals surface area contributed by atoms with Crippen molar-refractivity contribution in [2.75, 3.05) is 6.61 Å². The average Bonchev–Trinajstić information content (AvgIpc) is 2.98. The van der Waals surface area contributed by atoms with Crippen LogP contribution in [0.3, 0.4) is 0 Å². The molecule has 1 fully saturated rings. The highest BCUT2D eigenvalue weighted by atomic mass is 16.7. The van der Waals surface area contributed by atoms with Crippen molar-refractivity contribution in [3.05, 3.63) is 36.0 Å². The van der Waals surface area contributed by atoms with Crippen molar-refractivity contribution < 1.29 is 34.7 Å². The summed E-state index contributed by atoms with van der Waals surface area (Å²) < 4.78 is 10.1. The summed E-state index contributed by atoms with van der Waals surface area (Å²) in [4.78, 5) is 15.2. The fourth-order valence-electron chi connectivity index (χ4n) is 2.84. The molecule has 0 saturated carbocycles. The third-order valence-electron chi connectivity index (χ3n) is 4.12. The number of carbonyl (C=O) groups excluding carboxylic acids is 1. The van der Waals surface area contributed by atoms with Crippen LogP contribution in [0.1, 0.15) is 5.56 Å². The second-order valence-corrected chi connectivity index (χ2v) is 5.72. The summed E-state index contributed by atoms with van der Waals surface area (Å²) in [6.07, 6.45) is -5.58. The molecule has 8 nitrogen and oxygen atoms in total. The Morgan fingerprint density at radius 3 is 2.71 bits per heavy atom. The van der Waals surface area contributed by atoms with Gasteiger partial charge in [-0.1, -0.05) is 18.2 Å². The molecule has 1 aromatic heterocycles. The molecule has 0 amide bonds. The van der Waals surface area contributed by atoms with E-state index >= 15 is 0 Å². The van der Waals surface area contributed by atoms with E-state index < -0.39 is 43.3 Å². The number of nitrogens with one attached hydrogen (secondary N) is 1. The molecule has 1 aliphatic heterocycles. The second kappa shape index (κ2) is 6.88. The molecule has 1 aromatic carbocycles. The monoisotopic (exact) mass is 337 g/mol. The second-order valence-electron chi connectivity index (χ2n) is 5.72. The number of rotatable bonds is 4. The van der Waals surface area contributed by atoms with Crippen LogP contribution in [-0.4, -0.2) is 68.7 Å². The maximum Gasteiger partial charge on any atom is 0.310 e. The van der Waals surface area contributed by atoms with E-state index in [1.165, 1.54) is 0 Å². The number of carbonyl (C=O) groups is 1. The van der Waals surface area contributed by atoms with Gasteiger partial charge in [-0.2, -0.15) is 0 Å². The van der Waals surface area contributed by atoms with E-state index in [0.717, 1.165) is 16.5 Å². The quantitative estimate of drug-likeness (QED) is 0.455.